The number of amides is 1. The van der Waals surface area contributed by atoms with E-state index in [2.05, 4.69) is 5.32 Å². The molecule has 1 aliphatic rings. The number of hydrogen-bond donors (Lipinski definition) is 2. The molecule has 0 heterocycles. The van der Waals surface area contributed by atoms with Crippen LogP contribution in [0.25, 0.3) is 0 Å². The second-order valence-electron chi connectivity index (χ2n) is 5.21. The van der Waals surface area contributed by atoms with Crippen molar-refractivity contribution in [1.29, 1.82) is 0 Å². The minimum absolute atomic E-state index is 0.0702. The molecule has 1 aromatic rings. The molecule has 2 rings (SSSR count). The average molecular weight is 261 g/mol. The van der Waals surface area contributed by atoms with Gasteiger partial charge < -0.3 is 10.4 Å². The van der Waals surface area contributed by atoms with E-state index in [1.54, 1.807) is 0 Å². The van der Waals surface area contributed by atoms with Crippen LogP contribution in [-0.4, -0.2) is 17.0 Å². The monoisotopic (exact) mass is 261 g/mol. The number of benzene rings is 1. The summed E-state index contributed by atoms with van der Waals surface area (Å²) >= 11 is 0. The molecule has 2 N–H and O–H groups in total. The number of anilines is 1. The maximum absolute atomic E-state index is 11.9. The number of aliphatic carboxylic acids is 1. The van der Waals surface area contributed by atoms with Crippen LogP contribution in [-0.2, 0) is 16.0 Å². The zero-order valence-electron chi connectivity index (χ0n) is 11.1. The Bertz CT molecular complexity index is 463. The fourth-order valence-corrected chi connectivity index (χ4v) is 2.07. The predicted octanol–water partition coefficient (Wildman–Crippen LogP) is 2.69. The minimum Gasteiger partial charge on any atom is -0.481 e. The van der Waals surface area contributed by atoms with Gasteiger partial charge in [-0.15, -0.1) is 0 Å². The van der Waals surface area contributed by atoms with Crippen molar-refractivity contribution in [3.63, 3.8) is 0 Å². The molecular weight excluding hydrogens is 242 g/mol. The number of nitrogens with one attached hydrogen (secondary N) is 1. The molecule has 1 atom stereocenters. The lowest BCUT2D eigenvalue weighted by atomic mass is 10.1. The first-order valence-electron chi connectivity index (χ1n) is 6.68. The average Bonchev–Trinajstić information content (AvgIpc) is 3.21. The lowest BCUT2D eigenvalue weighted by molar-refractivity contribution is -0.137. The fraction of sp³-hybridized carbons (Fsp3) is 0.467. The van der Waals surface area contributed by atoms with Gasteiger partial charge in [0.15, 0.2) is 0 Å². The van der Waals surface area contributed by atoms with Gasteiger partial charge in [-0.1, -0.05) is 19.1 Å². The highest BCUT2D eigenvalue weighted by Crippen LogP contribution is 2.37. The van der Waals surface area contributed by atoms with Gasteiger partial charge in [0, 0.05) is 18.0 Å². The predicted molar refractivity (Wildman–Crippen MR) is 72.9 cm³/mol. The molecule has 1 unspecified atom stereocenters. The Morgan fingerprint density at radius 2 is 1.95 bits per heavy atom. The lowest BCUT2D eigenvalue weighted by Crippen LogP contribution is -2.21. The Morgan fingerprint density at radius 1 is 1.32 bits per heavy atom. The number of rotatable bonds is 6. The van der Waals surface area contributed by atoms with Gasteiger partial charge in [0.2, 0.25) is 5.91 Å². The number of aryl methyl sites for hydroxylation is 1. The highest BCUT2D eigenvalue weighted by atomic mass is 16.4. The van der Waals surface area contributed by atoms with Crippen molar-refractivity contribution in [2.24, 2.45) is 11.8 Å². The molecular formula is C15H19NO3. The molecule has 1 aliphatic carbocycles. The van der Waals surface area contributed by atoms with Crippen LogP contribution < -0.4 is 5.32 Å². The third-order valence-electron chi connectivity index (χ3n) is 3.59. The van der Waals surface area contributed by atoms with E-state index in [4.69, 9.17) is 5.11 Å². The maximum Gasteiger partial charge on any atom is 0.303 e. The van der Waals surface area contributed by atoms with Crippen molar-refractivity contribution in [2.45, 2.75) is 32.6 Å². The third-order valence-corrected chi connectivity index (χ3v) is 3.59. The second-order valence-corrected chi connectivity index (χ2v) is 5.21. The first-order valence-corrected chi connectivity index (χ1v) is 6.68. The van der Waals surface area contributed by atoms with Crippen molar-refractivity contribution >= 4 is 17.6 Å². The summed E-state index contributed by atoms with van der Waals surface area (Å²) in [5.41, 5.74) is 1.74. The maximum atomic E-state index is 11.9. The van der Waals surface area contributed by atoms with Crippen LogP contribution in [0.4, 0.5) is 5.69 Å². The smallest absolute Gasteiger partial charge is 0.303 e. The summed E-state index contributed by atoms with van der Waals surface area (Å²) in [7, 11) is 0. The first kappa shape index (κ1) is 13.6. The van der Waals surface area contributed by atoms with E-state index in [9.17, 15) is 9.59 Å². The lowest BCUT2D eigenvalue weighted by Gasteiger charge is -2.11. The molecule has 0 radical (unpaired) electrons. The summed E-state index contributed by atoms with van der Waals surface area (Å²) in [4.78, 5) is 22.4. The Hall–Kier alpha value is -1.84. The van der Waals surface area contributed by atoms with Gasteiger partial charge in [-0.3, -0.25) is 9.59 Å². The molecule has 0 aromatic heterocycles. The van der Waals surface area contributed by atoms with E-state index in [1.165, 1.54) is 0 Å². The van der Waals surface area contributed by atoms with Crippen molar-refractivity contribution in [3.05, 3.63) is 29.8 Å². The highest BCUT2D eigenvalue weighted by molar-refractivity contribution is 5.92. The quantitative estimate of drug-likeness (QED) is 0.827. The zero-order chi connectivity index (χ0) is 13.8. The van der Waals surface area contributed by atoms with Gasteiger partial charge >= 0.3 is 5.97 Å². The zero-order valence-corrected chi connectivity index (χ0v) is 11.1. The molecule has 4 heteroatoms. The van der Waals surface area contributed by atoms with Crippen molar-refractivity contribution in [3.8, 4) is 0 Å². The van der Waals surface area contributed by atoms with Gasteiger partial charge in [-0.2, -0.15) is 0 Å². The van der Waals surface area contributed by atoms with Gasteiger partial charge in [-0.05, 0) is 42.9 Å². The number of carbonyl (C=O) groups is 2. The summed E-state index contributed by atoms with van der Waals surface area (Å²) in [6.07, 6.45) is 2.96. The third kappa shape index (κ3) is 4.09. The molecule has 1 saturated carbocycles. The van der Waals surface area contributed by atoms with Gasteiger partial charge in [0.05, 0.1) is 0 Å². The molecule has 19 heavy (non-hydrogen) atoms. The van der Waals surface area contributed by atoms with Crippen LogP contribution in [0.2, 0.25) is 0 Å². The van der Waals surface area contributed by atoms with Crippen molar-refractivity contribution < 1.29 is 14.7 Å². The molecule has 1 fully saturated rings. The number of hydrogen-bond acceptors (Lipinski definition) is 2. The normalized spacial score (nSPS) is 15.8. The molecule has 1 amide bonds. The molecule has 1 aromatic carbocycles. The summed E-state index contributed by atoms with van der Waals surface area (Å²) < 4.78 is 0. The van der Waals surface area contributed by atoms with Gasteiger partial charge in [0.25, 0.3) is 0 Å². The number of carboxylic acid groups (broad SMARTS) is 1. The van der Waals surface area contributed by atoms with Crippen LogP contribution in [0.1, 0.15) is 31.7 Å². The van der Waals surface area contributed by atoms with Crippen LogP contribution in [0.3, 0.4) is 0 Å². The standard InChI is InChI=1S/C15H19NO3/c1-10(12-5-6-12)15(19)16-13-7-2-11(3-8-13)4-9-14(17)18/h2-3,7-8,10,12H,4-6,9H2,1H3,(H,16,19)(H,17,18). The molecule has 0 saturated heterocycles. The molecule has 102 valence electrons. The Labute approximate surface area is 112 Å². The topological polar surface area (TPSA) is 66.4 Å². The molecule has 0 spiro atoms. The summed E-state index contributed by atoms with van der Waals surface area (Å²) in [6.45, 7) is 1.97. The van der Waals surface area contributed by atoms with Gasteiger partial charge in [0.1, 0.15) is 0 Å². The van der Waals surface area contributed by atoms with E-state index < -0.39 is 5.97 Å². The molecule has 0 bridgehead atoms. The van der Waals surface area contributed by atoms with Crippen molar-refractivity contribution in [1.82, 2.24) is 0 Å². The van der Waals surface area contributed by atoms with Gasteiger partial charge in [-0.25, -0.2) is 0 Å². The molecule has 4 nitrogen and oxygen atoms in total. The van der Waals surface area contributed by atoms with Crippen LogP contribution in [0, 0.1) is 11.8 Å². The first-order chi connectivity index (χ1) is 9.06. The minimum atomic E-state index is -0.796. The van der Waals surface area contributed by atoms with Crippen LogP contribution in [0.15, 0.2) is 24.3 Å². The highest BCUT2D eigenvalue weighted by Gasteiger charge is 2.32. The summed E-state index contributed by atoms with van der Waals surface area (Å²) in [5.74, 6) is -0.0991. The Balaban J connectivity index is 1.87. The van der Waals surface area contributed by atoms with E-state index in [1.807, 2.05) is 31.2 Å². The van der Waals surface area contributed by atoms with Crippen molar-refractivity contribution in [2.75, 3.05) is 5.32 Å². The van der Waals surface area contributed by atoms with E-state index in [0.29, 0.717) is 12.3 Å². The second kappa shape index (κ2) is 5.87. The van der Waals surface area contributed by atoms with Crippen LogP contribution in [0.5, 0.6) is 0 Å². The SMILES string of the molecule is CC(C(=O)Nc1ccc(CCC(=O)O)cc1)C1CC1. The van der Waals surface area contributed by atoms with E-state index >= 15 is 0 Å². The van der Waals surface area contributed by atoms with E-state index in [-0.39, 0.29) is 18.2 Å². The van der Waals surface area contributed by atoms with E-state index in [0.717, 1.165) is 24.1 Å². The Kier molecular flexibility index (Phi) is 4.20. The number of carboxylic acids is 1. The fourth-order valence-electron chi connectivity index (χ4n) is 2.07. The van der Waals surface area contributed by atoms with Crippen LogP contribution >= 0.6 is 0 Å². The summed E-state index contributed by atoms with van der Waals surface area (Å²) in [6, 6.07) is 7.38. The largest absolute Gasteiger partial charge is 0.481 e. The molecule has 0 aliphatic heterocycles. The number of carbonyl (C=O) groups excluding carboxylic acids is 1. The summed E-state index contributed by atoms with van der Waals surface area (Å²) in [5, 5.41) is 11.5. The Morgan fingerprint density at radius 3 is 2.47 bits per heavy atom.